The van der Waals surface area contributed by atoms with Crippen LogP contribution >= 0.6 is 0 Å². The minimum atomic E-state index is -0.353. The highest BCUT2D eigenvalue weighted by Gasteiger charge is 2.12. The molecule has 2 rings (SSSR count). The van der Waals surface area contributed by atoms with Gasteiger partial charge in [-0.1, -0.05) is 0 Å². The average Bonchev–Trinajstić information content (AvgIpc) is 2.55. The number of nitrogens with one attached hydrogen (secondary N) is 1. The van der Waals surface area contributed by atoms with Gasteiger partial charge in [-0.3, -0.25) is 4.90 Å². The van der Waals surface area contributed by atoms with Crippen molar-refractivity contribution in [2.75, 3.05) is 58.9 Å². The number of carbonyl (C=O) groups is 1. The Balaban J connectivity index is 1.95. The molecule has 6 heteroatoms. The molecule has 1 aromatic rings. The van der Waals surface area contributed by atoms with Crippen molar-refractivity contribution in [3.05, 3.63) is 23.8 Å². The lowest BCUT2D eigenvalue weighted by atomic mass is 10.2. The SMILES string of the molecule is COC(=O)c1ccc(OC)c(NCCN2CCOCC2)c1. The molecule has 0 bridgehead atoms. The number of rotatable bonds is 6. The van der Waals surface area contributed by atoms with Gasteiger partial charge >= 0.3 is 5.97 Å². The Kier molecular flexibility index (Phi) is 5.83. The molecule has 0 saturated carbocycles. The zero-order chi connectivity index (χ0) is 15.1. The number of hydrogen-bond acceptors (Lipinski definition) is 6. The highest BCUT2D eigenvalue weighted by atomic mass is 16.5. The van der Waals surface area contributed by atoms with Crippen molar-refractivity contribution < 1.29 is 19.0 Å². The maximum absolute atomic E-state index is 11.6. The van der Waals surface area contributed by atoms with Gasteiger partial charge in [-0.2, -0.15) is 0 Å². The van der Waals surface area contributed by atoms with Crippen LogP contribution in [0.2, 0.25) is 0 Å². The van der Waals surface area contributed by atoms with Crippen molar-refractivity contribution in [2.45, 2.75) is 0 Å². The van der Waals surface area contributed by atoms with Gasteiger partial charge in [0.25, 0.3) is 0 Å². The van der Waals surface area contributed by atoms with Gasteiger partial charge in [0.1, 0.15) is 5.75 Å². The second-order valence-corrected chi connectivity index (χ2v) is 4.79. The fourth-order valence-electron chi connectivity index (χ4n) is 2.26. The van der Waals surface area contributed by atoms with E-state index in [0.29, 0.717) is 11.3 Å². The Labute approximate surface area is 125 Å². The van der Waals surface area contributed by atoms with Crippen molar-refractivity contribution in [1.82, 2.24) is 4.90 Å². The van der Waals surface area contributed by atoms with E-state index in [1.165, 1.54) is 7.11 Å². The summed E-state index contributed by atoms with van der Waals surface area (Å²) in [5.41, 5.74) is 1.31. The molecule has 1 N–H and O–H groups in total. The fourth-order valence-corrected chi connectivity index (χ4v) is 2.26. The summed E-state index contributed by atoms with van der Waals surface area (Å²) in [5.74, 6) is 0.360. The average molecular weight is 294 g/mol. The molecule has 0 spiro atoms. The number of anilines is 1. The monoisotopic (exact) mass is 294 g/mol. The number of hydrogen-bond donors (Lipinski definition) is 1. The largest absolute Gasteiger partial charge is 0.495 e. The smallest absolute Gasteiger partial charge is 0.337 e. The third-order valence-electron chi connectivity index (χ3n) is 3.47. The van der Waals surface area contributed by atoms with Gasteiger partial charge in [-0.15, -0.1) is 0 Å². The maximum atomic E-state index is 11.6. The minimum Gasteiger partial charge on any atom is -0.495 e. The van der Waals surface area contributed by atoms with Gasteiger partial charge in [0.05, 0.1) is 38.7 Å². The van der Waals surface area contributed by atoms with Crippen LogP contribution in [0.4, 0.5) is 5.69 Å². The number of carbonyl (C=O) groups excluding carboxylic acids is 1. The van der Waals surface area contributed by atoms with Crippen LogP contribution in [0, 0.1) is 0 Å². The van der Waals surface area contributed by atoms with Crippen molar-refractivity contribution >= 4 is 11.7 Å². The molecule has 1 aliphatic rings. The van der Waals surface area contributed by atoms with Gasteiger partial charge in [0.15, 0.2) is 0 Å². The van der Waals surface area contributed by atoms with E-state index in [-0.39, 0.29) is 5.97 Å². The van der Waals surface area contributed by atoms with E-state index in [4.69, 9.17) is 14.2 Å². The summed E-state index contributed by atoms with van der Waals surface area (Å²) in [7, 11) is 2.98. The van der Waals surface area contributed by atoms with Crippen molar-refractivity contribution in [3.63, 3.8) is 0 Å². The number of benzene rings is 1. The van der Waals surface area contributed by atoms with Crippen LogP contribution in [0.5, 0.6) is 5.75 Å². The molecule has 0 amide bonds. The van der Waals surface area contributed by atoms with E-state index in [9.17, 15) is 4.79 Å². The van der Waals surface area contributed by atoms with E-state index in [1.54, 1.807) is 25.3 Å². The van der Waals surface area contributed by atoms with Gasteiger partial charge in [-0.05, 0) is 18.2 Å². The molecule has 1 saturated heterocycles. The molecule has 0 unspecified atom stereocenters. The number of nitrogens with zero attached hydrogens (tertiary/aromatic N) is 1. The van der Waals surface area contributed by atoms with Crippen molar-refractivity contribution in [3.8, 4) is 5.75 Å². The van der Waals surface area contributed by atoms with Crippen LogP contribution in [-0.4, -0.2) is 64.5 Å². The van der Waals surface area contributed by atoms with E-state index in [0.717, 1.165) is 45.1 Å². The summed E-state index contributed by atoms with van der Waals surface area (Å²) in [6.45, 7) is 5.21. The Bertz CT molecular complexity index is 473. The van der Waals surface area contributed by atoms with E-state index >= 15 is 0 Å². The van der Waals surface area contributed by atoms with Crippen molar-refractivity contribution in [1.29, 1.82) is 0 Å². The third kappa shape index (κ3) is 4.34. The second kappa shape index (κ2) is 7.85. The van der Waals surface area contributed by atoms with Gasteiger partial charge in [0.2, 0.25) is 0 Å². The second-order valence-electron chi connectivity index (χ2n) is 4.79. The molecule has 0 atom stereocenters. The molecule has 21 heavy (non-hydrogen) atoms. The number of methoxy groups -OCH3 is 2. The summed E-state index contributed by atoms with van der Waals surface area (Å²) in [6.07, 6.45) is 0. The standard InChI is InChI=1S/C15H22N2O4/c1-19-14-4-3-12(15(18)20-2)11-13(14)16-5-6-17-7-9-21-10-8-17/h3-4,11,16H,5-10H2,1-2H3. The Hall–Kier alpha value is -1.79. The molecular weight excluding hydrogens is 272 g/mol. The molecule has 6 nitrogen and oxygen atoms in total. The maximum Gasteiger partial charge on any atom is 0.337 e. The molecule has 1 aromatic carbocycles. The molecule has 0 aliphatic carbocycles. The number of ether oxygens (including phenoxy) is 3. The lowest BCUT2D eigenvalue weighted by molar-refractivity contribution is 0.0398. The highest BCUT2D eigenvalue weighted by molar-refractivity contribution is 5.91. The van der Waals surface area contributed by atoms with Crippen molar-refractivity contribution in [2.24, 2.45) is 0 Å². The summed E-state index contributed by atoms with van der Waals surface area (Å²) in [4.78, 5) is 13.9. The Morgan fingerprint density at radius 2 is 2.10 bits per heavy atom. The Morgan fingerprint density at radius 1 is 1.33 bits per heavy atom. The van der Waals surface area contributed by atoms with Crippen LogP contribution in [0.1, 0.15) is 10.4 Å². The van der Waals surface area contributed by atoms with Crippen LogP contribution in [0.15, 0.2) is 18.2 Å². The molecule has 1 heterocycles. The normalized spacial score (nSPS) is 15.5. The first-order chi connectivity index (χ1) is 10.2. The van der Waals surface area contributed by atoms with Crippen LogP contribution in [0.3, 0.4) is 0 Å². The predicted molar refractivity (Wildman–Crippen MR) is 80.1 cm³/mol. The molecule has 0 aromatic heterocycles. The van der Waals surface area contributed by atoms with Gasteiger partial charge < -0.3 is 19.5 Å². The topological polar surface area (TPSA) is 60.0 Å². The van der Waals surface area contributed by atoms with Crippen LogP contribution in [0.25, 0.3) is 0 Å². The molecule has 1 fully saturated rings. The highest BCUT2D eigenvalue weighted by Crippen LogP contribution is 2.25. The zero-order valence-corrected chi connectivity index (χ0v) is 12.6. The number of morpholine rings is 1. The van der Waals surface area contributed by atoms with E-state index < -0.39 is 0 Å². The zero-order valence-electron chi connectivity index (χ0n) is 12.6. The van der Waals surface area contributed by atoms with Crippen LogP contribution < -0.4 is 10.1 Å². The van der Waals surface area contributed by atoms with Gasteiger partial charge in [-0.25, -0.2) is 4.79 Å². The lowest BCUT2D eigenvalue weighted by Crippen LogP contribution is -2.39. The summed E-state index contributed by atoms with van der Waals surface area (Å²) in [6, 6.07) is 5.21. The quantitative estimate of drug-likeness (QED) is 0.796. The molecule has 116 valence electrons. The lowest BCUT2D eigenvalue weighted by Gasteiger charge is -2.26. The summed E-state index contributed by atoms with van der Waals surface area (Å²) in [5, 5.41) is 3.32. The van der Waals surface area contributed by atoms with Gasteiger partial charge in [0, 0.05) is 26.2 Å². The van der Waals surface area contributed by atoms with E-state index in [2.05, 4.69) is 10.2 Å². The first-order valence-electron chi connectivity index (χ1n) is 7.05. The summed E-state index contributed by atoms with van der Waals surface area (Å²) < 4.78 is 15.4. The molecule has 1 aliphatic heterocycles. The first-order valence-corrected chi connectivity index (χ1v) is 7.05. The number of esters is 1. The Morgan fingerprint density at radius 3 is 2.76 bits per heavy atom. The first kappa shape index (κ1) is 15.6. The molecular formula is C15H22N2O4. The fraction of sp³-hybridized carbons (Fsp3) is 0.533. The van der Waals surface area contributed by atoms with E-state index in [1.807, 2.05) is 0 Å². The third-order valence-corrected chi connectivity index (χ3v) is 3.47. The van der Waals surface area contributed by atoms with Crippen LogP contribution in [-0.2, 0) is 9.47 Å². The summed E-state index contributed by atoms with van der Waals surface area (Å²) >= 11 is 0. The predicted octanol–water partition coefficient (Wildman–Crippen LogP) is 1.23. The minimum absolute atomic E-state index is 0.353. The molecule has 0 radical (unpaired) electrons.